The molecule has 6 nitrogen and oxygen atoms in total. The summed E-state index contributed by atoms with van der Waals surface area (Å²) in [5.41, 5.74) is 6.34. The molecule has 0 radical (unpaired) electrons. The zero-order valence-corrected chi connectivity index (χ0v) is 9.33. The van der Waals surface area contributed by atoms with Crippen molar-refractivity contribution >= 4 is 5.82 Å². The lowest BCUT2D eigenvalue weighted by atomic mass is 10.2. The van der Waals surface area contributed by atoms with Gasteiger partial charge in [0.1, 0.15) is 12.0 Å². The summed E-state index contributed by atoms with van der Waals surface area (Å²) in [6.45, 7) is 5.09. The fraction of sp³-hybridized carbons (Fsp3) is 0.400. The predicted octanol–water partition coefficient (Wildman–Crippen LogP) is 0.973. The zero-order chi connectivity index (χ0) is 11.5. The lowest BCUT2D eigenvalue weighted by Crippen LogP contribution is -2.07. The highest BCUT2D eigenvalue weighted by Gasteiger charge is 2.12. The van der Waals surface area contributed by atoms with Crippen LogP contribution in [0.5, 0.6) is 0 Å². The van der Waals surface area contributed by atoms with Gasteiger partial charge in [-0.25, -0.2) is 9.97 Å². The number of nitrogens with two attached hydrogens (primary N) is 1. The van der Waals surface area contributed by atoms with Crippen LogP contribution in [-0.4, -0.2) is 24.7 Å². The largest absolute Gasteiger partial charge is 0.382 e. The first-order valence-corrected chi connectivity index (χ1v) is 5.13. The predicted molar refractivity (Wildman–Crippen MR) is 60.3 cm³/mol. The van der Waals surface area contributed by atoms with E-state index in [1.807, 2.05) is 4.57 Å². The van der Waals surface area contributed by atoms with Crippen LogP contribution in [0.4, 0.5) is 5.82 Å². The molecular formula is C10H14N6. The Morgan fingerprint density at radius 1 is 1.31 bits per heavy atom. The molecule has 0 aliphatic carbocycles. The van der Waals surface area contributed by atoms with E-state index in [0.717, 1.165) is 6.54 Å². The van der Waals surface area contributed by atoms with Gasteiger partial charge in [-0.3, -0.25) is 0 Å². The lowest BCUT2D eigenvalue weighted by molar-refractivity contribution is 0.525. The van der Waals surface area contributed by atoms with Crippen molar-refractivity contribution in [3.8, 4) is 11.5 Å². The molecule has 0 aliphatic rings. The van der Waals surface area contributed by atoms with Gasteiger partial charge in [0.25, 0.3) is 0 Å². The van der Waals surface area contributed by atoms with E-state index >= 15 is 0 Å². The second kappa shape index (κ2) is 4.26. The number of hydrogen-bond acceptors (Lipinski definition) is 5. The van der Waals surface area contributed by atoms with Gasteiger partial charge in [-0.15, -0.1) is 10.2 Å². The topological polar surface area (TPSA) is 82.5 Å². The minimum Gasteiger partial charge on any atom is -0.382 e. The Labute approximate surface area is 93.6 Å². The van der Waals surface area contributed by atoms with E-state index in [1.54, 1.807) is 18.7 Å². The number of nitrogen functional groups attached to an aromatic ring is 1. The molecule has 0 fully saturated rings. The van der Waals surface area contributed by atoms with Gasteiger partial charge in [0, 0.05) is 18.9 Å². The Morgan fingerprint density at radius 3 is 2.75 bits per heavy atom. The first-order valence-electron chi connectivity index (χ1n) is 5.13. The first kappa shape index (κ1) is 10.5. The van der Waals surface area contributed by atoms with Crippen molar-refractivity contribution < 1.29 is 0 Å². The molecule has 2 aromatic rings. The van der Waals surface area contributed by atoms with Gasteiger partial charge in [0.05, 0.1) is 0 Å². The smallest absolute Gasteiger partial charge is 0.186 e. The number of rotatable bonds is 3. The van der Waals surface area contributed by atoms with Crippen LogP contribution >= 0.6 is 0 Å². The number of hydrogen-bond donors (Lipinski definition) is 1. The van der Waals surface area contributed by atoms with Crippen LogP contribution < -0.4 is 5.73 Å². The number of nitrogens with zero attached hydrogens (tertiary/aromatic N) is 5. The quantitative estimate of drug-likeness (QED) is 0.830. The third kappa shape index (κ3) is 2.00. The monoisotopic (exact) mass is 218 g/mol. The fourth-order valence-electron chi connectivity index (χ4n) is 1.49. The van der Waals surface area contributed by atoms with E-state index in [-0.39, 0.29) is 0 Å². The van der Waals surface area contributed by atoms with Crippen molar-refractivity contribution in [3.05, 3.63) is 18.7 Å². The van der Waals surface area contributed by atoms with Crippen molar-refractivity contribution in [2.45, 2.75) is 20.4 Å². The Hall–Kier alpha value is -1.98. The van der Waals surface area contributed by atoms with Crippen molar-refractivity contribution in [2.75, 3.05) is 5.73 Å². The molecule has 6 heteroatoms. The Kier molecular flexibility index (Phi) is 2.80. The van der Waals surface area contributed by atoms with Crippen LogP contribution in [0.3, 0.4) is 0 Å². The highest BCUT2D eigenvalue weighted by molar-refractivity contribution is 5.62. The molecule has 0 saturated carbocycles. The summed E-state index contributed by atoms with van der Waals surface area (Å²) in [6.07, 6.45) is 4.84. The van der Waals surface area contributed by atoms with Crippen LogP contribution in [0.2, 0.25) is 0 Å². The fourth-order valence-corrected chi connectivity index (χ4v) is 1.49. The van der Waals surface area contributed by atoms with E-state index in [4.69, 9.17) is 5.73 Å². The van der Waals surface area contributed by atoms with Gasteiger partial charge >= 0.3 is 0 Å². The summed E-state index contributed by atoms with van der Waals surface area (Å²) in [4.78, 5) is 8.17. The number of aromatic nitrogens is 5. The average molecular weight is 218 g/mol. The third-order valence-corrected chi connectivity index (χ3v) is 2.12. The molecule has 0 amide bonds. The molecule has 16 heavy (non-hydrogen) atoms. The highest BCUT2D eigenvalue weighted by Crippen LogP contribution is 2.19. The molecule has 84 valence electrons. The molecule has 0 unspecified atom stereocenters. The summed E-state index contributed by atoms with van der Waals surface area (Å²) in [6, 6.07) is 0. The molecule has 0 atom stereocenters. The first-order chi connectivity index (χ1) is 7.68. The van der Waals surface area contributed by atoms with Crippen LogP contribution in [-0.2, 0) is 6.54 Å². The summed E-state index contributed by atoms with van der Waals surface area (Å²) in [5, 5.41) is 7.91. The van der Waals surface area contributed by atoms with Gasteiger partial charge in [0.2, 0.25) is 0 Å². The van der Waals surface area contributed by atoms with Crippen molar-refractivity contribution in [3.63, 3.8) is 0 Å². The highest BCUT2D eigenvalue weighted by atomic mass is 15.3. The molecule has 2 N–H and O–H groups in total. The summed E-state index contributed by atoms with van der Waals surface area (Å²) >= 11 is 0. The van der Waals surface area contributed by atoms with Gasteiger partial charge in [0.15, 0.2) is 11.6 Å². The standard InChI is InChI=1S/C10H14N6/c1-7(2)5-16-6-14-15-10(16)8-9(11)13-4-3-12-8/h3-4,6-7H,5H2,1-2H3,(H2,11,13). The minimum absolute atomic E-state index is 0.375. The number of anilines is 1. The van der Waals surface area contributed by atoms with Crippen LogP contribution in [0.25, 0.3) is 11.5 Å². The second-order valence-corrected chi connectivity index (χ2v) is 3.99. The van der Waals surface area contributed by atoms with Gasteiger partial charge in [-0.2, -0.15) is 0 Å². The molecule has 2 heterocycles. The maximum Gasteiger partial charge on any atom is 0.186 e. The Morgan fingerprint density at radius 2 is 2.06 bits per heavy atom. The van der Waals surface area contributed by atoms with E-state index < -0.39 is 0 Å². The zero-order valence-electron chi connectivity index (χ0n) is 9.33. The molecule has 0 aromatic carbocycles. The lowest BCUT2D eigenvalue weighted by Gasteiger charge is -2.08. The average Bonchev–Trinajstić information content (AvgIpc) is 2.66. The summed E-state index contributed by atoms with van der Waals surface area (Å²) in [7, 11) is 0. The third-order valence-electron chi connectivity index (χ3n) is 2.12. The second-order valence-electron chi connectivity index (χ2n) is 3.99. The Bertz CT molecular complexity index is 476. The molecular weight excluding hydrogens is 204 g/mol. The Balaban J connectivity index is 2.41. The van der Waals surface area contributed by atoms with Crippen molar-refractivity contribution in [2.24, 2.45) is 5.92 Å². The normalized spacial score (nSPS) is 10.9. The molecule has 0 saturated heterocycles. The van der Waals surface area contributed by atoms with Gasteiger partial charge < -0.3 is 10.3 Å². The summed E-state index contributed by atoms with van der Waals surface area (Å²) < 4.78 is 1.94. The molecule has 0 aliphatic heterocycles. The maximum absolute atomic E-state index is 5.76. The SMILES string of the molecule is CC(C)Cn1cnnc1-c1nccnc1N. The van der Waals surface area contributed by atoms with Gasteiger partial charge in [-0.05, 0) is 5.92 Å². The molecule has 2 aromatic heterocycles. The van der Waals surface area contributed by atoms with E-state index in [2.05, 4.69) is 34.0 Å². The maximum atomic E-state index is 5.76. The van der Waals surface area contributed by atoms with E-state index in [0.29, 0.717) is 23.3 Å². The molecule has 0 bridgehead atoms. The van der Waals surface area contributed by atoms with Gasteiger partial charge in [-0.1, -0.05) is 13.8 Å². The van der Waals surface area contributed by atoms with Crippen LogP contribution in [0.1, 0.15) is 13.8 Å². The van der Waals surface area contributed by atoms with Crippen LogP contribution in [0, 0.1) is 5.92 Å². The minimum atomic E-state index is 0.375. The summed E-state index contributed by atoms with van der Waals surface area (Å²) in [5.74, 6) is 1.55. The van der Waals surface area contributed by atoms with E-state index in [9.17, 15) is 0 Å². The van der Waals surface area contributed by atoms with E-state index in [1.165, 1.54) is 0 Å². The van der Waals surface area contributed by atoms with Crippen molar-refractivity contribution in [1.82, 2.24) is 24.7 Å². The van der Waals surface area contributed by atoms with Crippen LogP contribution in [0.15, 0.2) is 18.7 Å². The molecule has 0 spiro atoms. The molecule has 2 rings (SSSR count). The van der Waals surface area contributed by atoms with Crippen molar-refractivity contribution in [1.29, 1.82) is 0 Å².